The Hall–Kier alpha value is 0.440. The Kier molecular flexibility index (Phi) is 1.70. The van der Waals surface area contributed by atoms with Gasteiger partial charge < -0.3 is 4.74 Å². The molecule has 0 spiro atoms. The van der Waals surface area contributed by atoms with E-state index in [2.05, 4.69) is 22.9 Å². The first kappa shape index (κ1) is 5.57. The third-order valence-electron chi connectivity index (χ3n) is 1.23. The minimum absolute atomic E-state index is 0.539. The molecule has 0 aromatic rings. The highest BCUT2D eigenvalue weighted by Crippen LogP contribution is 2.24. The highest BCUT2D eigenvalue weighted by Gasteiger charge is 2.32. The first-order valence-corrected chi connectivity index (χ1v) is 3.68. The van der Waals surface area contributed by atoms with Crippen molar-refractivity contribution in [1.82, 2.24) is 0 Å². The fourth-order valence-electron chi connectivity index (χ4n) is 0.641. The summed E-state index contributed by atoms with van der Waals surface area (Å²) in [5, 5.41) is 1.07. The summed E-state index contributed by atoms with van der Waals surface area (Å²) in [5.41, 5.74) is 0. The lowest BCUT2D eigenvalue weighted by Gasteiger charge is -1.80. The van der Waals surface area contributed by atoms with E-state index in [-0.39, 0.29) is 0 Å². The molecule has 1 fully saturated rings. The standard InChI is InChI=1S/C5H9BrO/c1-4-5(7-4)2-3-6/h4-5H,2-3H2,1H3/t4-,5+/m1/s1. The van der Waals surface area contributed by atoms with Crippen LogP contribution in [0.15, 0.2) is 0 Å². The van der Waals surface area contributed by atoms with E-state index >= 15 is 0 Å². The third-order valence-corrected chi connectivity index (χ3v) is 1.69. The van der Waals surface area contributed by atoms with E-state index in [1.807, 2.05) is 0 Å². The van der Waals surface area contributed by atoms with Crippen LogP contribution in [-0.2, 0) is 4.74 Å². The molecule has 0 bridgehead atoms. The number of ether oxygens (including phenoxy) is 1. The van der Waals surface area contributed by atoms with Gasteiger partial charge in [-0.15, -0.1) is 0 Å². The van der Waals surface area contributed by atoms with Crippen molar-refractivity contribution in [3.05, 3.63) is 0 Å². The molecule has 0 N–H and O–H groups in total. The van der Waals surface area contributed by atoms with Crippen LogP contribution in [0.3, 0.4) is 0 Å². The Bertz CT molecular complexity index is 65.1. The number of alkyl halides is 1. The maximum Gasteiger partial charge on any atom is 0.0847 e. The van der Waals surface area contributed by atoms with Gasteiger partial charge in [0.25, 0.3) is 0 Å². The Balaban J connectivity index is 1.98. The van der Waals surface area contributed by atoms with Crippen molar-refractivity contribution in [3.8, 4) is 0 Å². The van der Waals surface area contributed by atoms with Crippen molar-refractivity contribution >= 4 is 15.9 Å². The average Bonchev–Trinajstić information content (AvgIpc) is 2.22. The van der Waals surface area contributed by atoms with E-state index in [1.165, 1.54) is 6.42 Å². The van der Waals surface area contributed by atoms with Gasteiger partial charge in [0, 0.05) is 5.33 Å². The third kappa shape index (κ3) is 1.42. The fourth-order valence-corrected chi connectivity index (χ4v) is 1.09. The minimum Gasteiger partial charge on any atom is -0.370 e. The number of epoxide rings is 1. The smallest absolute Gasteiger partial charge is 0.0847 e. The van der Waals surface area contributed by atoms with Crippen molar-refractivity contribution in [3.63, 3.8) is 0 Å². The van der Waals surface area contributed by atoms with Crippen molar-refractivity contribution in [1.29, 1.82) is 0 Å². The molecular weight excluding hydrogens is 156 g/mol. The predicted octanol–water partition coefficient (Wildman–Crippen LogP) is 1.56. The molecule has 0 unspecified atom stereocenters. The zero-order valence-corrected chi connectivity index (χ0v) is 5.94. The van der Waals surface area contributed by atoms with E-state index in [0.29, 0.717) is 12.2 Å². The van der Waals surface area contributed by atoms with Crippen LogP contribution in [0, 0.1) is 0 Å². The molecule has 2 atom stereocenters. The maximum atomic E-state index is 5.13. The Morgan fingerprint density at radius 1 is 1.71 bits per heavy atom. The second-order valence-corrected chi connectivity index (χ2v) is 2.65. The van der Waals surface area contributed by atoms with E-state index in [9.17, 15) is 0 Å². The summed E-state index contributed by atoms with van der Waals surface area (Å²) in [7, 11) is 0. The van der Waals surface area contributed by atoms with Crippen molar-refractivity contribution < 1.29 is 4.74 Å². The van der Waals surface area contributed by atoms with E-state index in [1.54, 1.807) is 0 Å². The molecule has 2 heteroatoms. The van der Waals surface area contributed by atoms with Gasteiger partial charge in [0.05, 0.1) is 12.2 Å². The molecule has 0 aromatic heterocycles. The highest BCUT2D eigenvalue weighted by molar-refractivity contribution is 9.09. The van der Waals surface area contributed by atoms with Crippen molar-refractivity contribution in [2.45, 2.75) is 25.6 Å². The van der Waals surface area contributed by atoms with Gasteiger partial charge in [-0.1, -0.05) is 15.9 Å². The molecule has 0 aliphatic carbocycles. The SMILES string of the molecule is C[C@H]1O[C@H]1CCBr. The van der Waals surface area contributed by atoms with Crippen LogP contribution in [0.25, 0.3) is 0 Å². The van der Waals surface area contributed by atoms with Crippen LogP contribution in [0.5, 0.6) is 0 Å². The highest BCUT2D eigenvalue weighted by atomic mass is 79.9. The topological polar surface area (TPSA) is 12.5 Å². The number of hydrogen-bond donors (Lipinski definition) is 0. The lowest BCUT2D eigenvalue weighted by atomic mass is 10.3. The summed E-state index contributed by atoms with van der Waals surface area (Å²) in [6.07, 6.45) is 2.28. The summed E-state index contributed by atoms with van der Waals surface area (Å²) >= 11 is 3.34. The molecule has 1 heterocycles. The molecule has 7 heavy (non-hydrogen) atoms. The zero-order chi connectivity index (χ0) is 5.28. The van der Waals surface area contributed by atoms with Crippen LogP contribution in [0.4, 0.5) is 0 Å². The fraction of sp³-hybridized carbons (Fsp3) is 1.00. The van der Waals surface area contributed by atoms with Crippen molar-refractivity contribution in [2.75, 3.05) is 5.33 Å². The molecule has 42 valence electrons. The average molecular weight is 165 g/mol. The van der Waals surface area contributed by atoms with Gasteiger partial charge in [-0.3, -0.25) is 0 Å². The largest absolute Gasteiger partial charge is 0.370 e. The molecule has 0 aromatic carbocycles. The van der Waals surface area contributed by atoms with Gasteiger partial charge in [0.15, 0.2) is 0 Å². The van der Waals surface area contributed by atoms with Crippen LogP contribution in [-0.4, -0.2) is 17.5 Å². The van der Waals surface area contributed by atoms with Gasteiger partial charge in [0.1, 0.15) is 0 Å². The molecule has 0 saturated carbocycles. The van der Waals surface area contributed by atoms with Crippen LogP contribution < -0.4 is 0 Å². The zero-order valence-electron chi connectivity index (χ0n) is 4.36. The molecule has 1 saturated heterocycles. The van der Waals surface area contributed by atoms with Crippen LogP contribution >= 0.6 is 15.9 Å². The van der Waals surface area contributed by atoms with Crippen molar-refractivity contribution in [2.24, 2.45) is 0 Å². The van der Waals surface area contributed by atoms with Gasteiger partial charge >= 0.3 is 0 Å². The Morgan fingerprint density at radius 3 is 2.43 bits per heavy atom. The number of halogens is 1. The Morgan fingerprint density at radius 2 is 2.29 bits per heavy atom. The summed E-state index contributed by atoms with van der Waals surface area (Å²) < 4.78 is 5.13. The predicted molar refractivity (Wildman–Crippen MR) is 32.7 cm³/mol. The van der Waals surface area contributed by atoms with E-state index in [0.717, 1.165) is 5.33 Å². The van der Waals surface area contributed by atoms with Gasteiger partial charge in [-0.05, 0) is 13.3 Å². The second-order valence-electron chi connectivity index (χ2n) is 1.86. The minimum atomic E-state index is 0.539. The molecule has 0 radical (unpaired) electrons. The quantitative estimate of drug-likeness (QED) is 0.446. The Labute approximate surface area is 52.2 Å². The normalized spacial score (nSPS) is 38.6. The lowest BCUT2D eigenvalue weighted by molar-refractivity contribution is 0.376. The van der Waals surface area contributed by atoms with Gasteiger partial charge in [-0.2, -0.15) is 0 Å². The first-order valence-electron chi connectivity index (χ1n) is 2.56. The summed E-state index contributed by atoms with van der Waals surface area (Å²) in [6.45, 7) is 2.10. The maximum absolute atomic E-state index is 5.13. The first-order chi connectivity index (χ1) is 3.34. The number of hydrogen-bond acceptors (Lipinski definition) is 1. The molecule has 0 amide bonds. The summed E-state index contributed by atoms with van der Waals surface area (Å²) in [4.78, 5) is 0. The van der Waals surface area contributed by atoms with Gasteiger partial charge in [-0.25, -0.2) is 0 Å². The molecule has 1 nitrogen and oxygen atoms in total. The van der Waals surface area contributed by atoms with Gasteiger partial charge in [0.2, 0.25) is 0 Å². The van der Waals surface area contributed by atoms with E-state index in [4.69, 9.17) is 4.74 Å². The van der Waals surface area contributed by atoms with Crippen LogP contribution in [0.2, 0.25) is 0 Å². The lowest BCUT2D eigenvalue weighted by Crippen LogP contribution is -1.88. The molecule has 1 aliphatic rings. The monoisotopic (exact) mass is 164 g/mol. The summed E-state index contributed by atoms with van der Waals surface area (Å²) in [6, 6.07) is 0. The van der Waals surface area contributed by atoms with Crippen LogP contribution in [0.1, 0.15) is 13.3 Å². The molecule has 1 rings (SSSR count). The molecule has 1 aliphatic heterocycles. The molecular formula is C5H9BrO. The second kappa shape index (κ2) is 2.14. The number of rotatable bonds is 2. The van der Waals surface area contributed by atoms with E-state index < -0.39 is 0 Å². The summed E-state index contributed by atoms with van der Waals surface area (Å²) in [5.74, 6) is 0.